The Kier molecular flexibility index (Phi) is 6.63. The van der Waals surface area contributed by atoms with Crippen LogP contribution in [0, 0.1) is 5.82 Å². The summed E-state index contributed by atoms with van der Waals surface area (Å²) in [6.07, 6.45) is 1.66. The van der Waals surface area contributed by atoms with Crippen molar-refractivity contribution in [3.63, 3.8) is 0 Å². The molecule has 0 aliphatic carbocycles. The Bertz CT molecular complexity index is 1200. The molecule has 0 aliphatic heterocycles. The zero-order chi connectivity index (χ0) is 21.6. The minimum Gasteiger partial charge on any atom is -0.356 e. The van der Waals surface area contributed by atoms with Crippen LogP contribution >= 0.6 is 11.6 Å². The number of para-hydroxylation sites is 2. The molecule has 0 radical (unpaired) electrons. The summed E-state index contributed by atoms with van der Waals surface area (Å²) in [6.45, 7) is 0.952. The fourth-order valence-electron chi connectivity index (χ4n) is 3.64. The van der Waals surface area contributed by atoms with Gasteiger partial charge in [-0.05, 0) is 36.2 Å². The Morgan fingerprint density at radius 2 is 1.68 bits per heavy atom. The molecule has 1 aromatic heterocycles. The summed E-state index contributed by atoms with van der Waals surface area (Å²) in [5, 5.41) is 3.54. The average Bonchev–Trinajstić information content (AvgIpc) is 3.12. The minimum absolute atomic E-state index is 0.0621. The van der Waals surface area contributed by atoms with Crippen molar-refractivity contribution >= 4 is 28.5 Å². The second kappa shape index (κ2) is 9.75. The molecule has 3 aromatic carbocycles. The van der Waals surface area contributed by atoms with Crippen LogP contribution in [0.2, 0.25) is 5.02 Å². The fourth-order valence-corrected chi connectivity index (χ4v) is 3.84. The SMILES string of the molecule is O=C(Cc1ccccc1Cl)NCCCc1nc2ccccc2n1Cc1ccccc1F. The quantitative estimate of drug-likeness (QED) is 0.388. The van der Waals surface area contributed by atoms with E-state index in [9.17, 15) is 9.18 Å². The van der Waals surface area contributed by atoms with E-state index in [-0.39, 0.29) is 18.1 Å². The van der Waals surface area contributed by atoms with Crippen LogP contribution in [-0.4, -0.2) is 22.0 Å². The van der Waals surface area contributed by atoms with E-state index in [4.69, 9.17) is 16.6 Å². The van der Waals surface area contributed by atoms with Gasteiger partial charge in [-0.15, -0.1) is 0 Å². The number of benzene rings is 3. The monoisotopic (exact) mass is 435 g/mol. The van der Waals surface area contributed by atoms with Crippen LogP contribution in [0.4, 0.5) is 4.39 Å². The summed E-state index contributed by atoms with van der Waals surface area (Å²) < 4.78 is 16.3. The van der Waals surface area contributed by atoms with Crippen molar-refractivity contribution in [3.8, 4) is 0 Å². The Hall–Kier alpha value is -3.18. The maximum Gasteiger partial charge on any atom is 0.224 e. The number of imidazole rings is 1. The summed E-state index contributed by atoms with van der Waals surface area (Å²) in [7, 11) is 0. The molecule has 0 unspecified atom stereocenters. The highest BCUT2D eigenvalue weighted by atomic mass is 35.5. The number of nitrogens with zero attached hydrogens (tertiary/aromatic N) is 2. The van der Waals surface area contributed by atoms with Crippen molar-refractivity contribution in [2.45, 2.75) is 25.8 Å². The van der Waals surface area contributed by atoms with Crippen molar-refractivity contribution in [2.24, 2.45) is 0 Å². The topological polar surface area (TPSA) is 46.9 Å². The Balaban J connectivity index is 1.41. The third kappa shape index (κ3) is 5.12. The van der Waals surface area contributed by atoms with Gasteiger partial charge in [0.2, 0.25) is 5.91 Å². The van der Waals surface area contributed by atoms with Gasteiger partial charge >= 0.3 is 0 Å². The first-order chi connectivity index (χ1) is 15.1. The van der Waals surface area contributed by atoms with Crippen molar-refractivity contribution in [3.05, 3.63) is 101 Å². The first kappa shape index (κ1) is 21.1. The highest BCUT2D eigenvalue weighted by Gasteiger charge is 2.13. The maximum atomic E-state index is 14.2. The summed E-state index contributed by atoms with van der Waals surface area (Å²) >= 11 is 6.13. The van der Waals surface area contributed by atoms with Crippen molar-refractivity contribution in [1.82, 2.24) is 14.9 Å². The van der Waals surface area contributed by atoms with E-state index in [1.807, 2.05) is 48.5 Å². The minimum atomic E-state index is -0.224. The third-order valence-electron chi connectivity index (χ3n) is 5.23. The predicted octanol–water partition coefficient (Wildman–Crippen LogP) is 5.17. The van der Waals surface area contributed by atoms with E-state index >= 15 is 0 Å². The van der Waals surface area contributed by atoms with Gasteiger partial charge < -0.3 is 9.88 Å². The molecule has 0 saturated heterocycles. The van der Waals surface area contributed by atoms with Gasteiger partial charge in [-0.25, -0.2) is 9.37 Å². The molecule has 31 heavy (non-hydrogen) atoms. The molecular formula is C25H23ClFN3O. The second-order valence-corrected chi connectivity index (χ2v) is 7.82. The smallest absolute Gasteiger partial charge is 0.224 e. The van der Waals surface area contributed by atoms with Crippen LogP contribution in [0.15, 0.2) is 72.8 Å². The number of amides is 1. The molecule has 6 heteroatoms. The lowest BCUT2D eigenvalue weighted by Gasteiger charge is -2.11. The van der Waals surface area contributed by atoms with E-state index in [2.05, 4.69) is 9.88 Å². The molecule has 4 nitrogen and oxygen atoms in total. The van der Waals surface area contributed by atoms with Crippen LogP contribution in [0.3, 0.4) is 0 Å². The van der Waals surface area contributed by atoms with Gasteiger partial charge in [0.1, 0.15) is 11.6 Å². The molecule has 0 saturated carbocycles. The van der Waals surface area contributed by atoms with Gasteiger partial charge in [0.05, 0.1) is 24.0 Å². The van der Waals surface area contributed by atoms with Crippen LogP contribution < -0.4 is 5.32 Å². The van der Waals surface area contributed by atoms with Crippen LogP contribution in [-0.2, 0) is 24.2 Å². The lowest BCUT2D eigenvalue weighted by molar-refractivity contribution is -0.120. The number of nitrogens with one attached hydrogen (secondary N) is 1. The molecule has 1 amide bonds. The standard InChI is InChI=1S/C25H23ClFN3O/c26-20-10-3-1-8-18(20)16-25(31)28-15-7-14-24-29-22-12-5-6-13-23(22)30(24)17-19-9-2-4-11-21(19)27/h1-6,8-13H,7,14-17H2,(H,28,31). The number of carbonyl (C=O) groups is 1. The van der Waals surface area contributed by atoms with Gasteiger partial charge in [0.25, 0.3) is 0 Å². The highest BCUT2D eigenvalue weighted by molar-refractivity contribution is 6.31. The Morgan fingerprint density at radius 3 is 2.48 bits per heavy atom. The molecule has 0 bridgehead atoms. The lowest BCUT2D eigenvalue weighted by atomic mass is 10.1. The van der Waals surface area contributed by atoms with Crippen LogP contribution in [0.25, 0.3) is 11.0 Å². The first-order valence-corrected chi connectivity index (χ1v) is 10.7. The molecular weight excluding hydrogens is 413 g/mol. The highest BCUT2D eigenvalue weighted by Crippen LogP contribution is 2.20. The molecule has 0 spiro atoms. The summed E-state index contributed by atoms with van der Waals surface area (Å²) in [4.78, 5) is 17.0. The number of carbonyl (C=O) groups excluding carboxylic acids is 1. The second-order valence-electron chi connectivity index (χ2n) is 7.42. The molecule has 1 N–H and O–H groups in total. The van der Waals surface area contributed by atoms with E-state index in [0.29, 0.717) is 30.1 Å². The number of hydrogen-bond acceptors (Lipinski definition) is 2. The normalized spacial score (nSPS) is 11.0. The van der Waals surface area contributed by atoms with Crippen molar-refractivity contribution < 1.29 is 9.18 Å². The predicted molar refractivity (Wildman–Crippen MR) is 122 cm³/mol. The number of aromatic nitrogens is 2. The summed E-state index contributed by atoms with van der Waals surface area (Å²) in [5.74, 6) is 0.593. The molecule has 0 aliphatic rings. The maximum absolute atomic E-state index is 14.2. The lowest BCUT2D eigenvalue weighted by Crippen LogP contribution is -2.26. The number of halogens is 2. The first-order valence-electron chi connectivity index (χ1n) is 10.3. The van der Waals surface area contributed by atoms with Gasteiger partial charge in [-0.1, -0.05) is 60.1 Å². The molecule has 4 rings (SSSR count). The summed E-state index contributed by atoms with van der Waals surface area (Å²) in [5.41, 5.74) is 3.30. The molecule has 4 aromatic rings. The summed E-state index contributed by atoms with van der Waals surface area (Å²) in [6, 6.07) is 22.0. The van der Waals surface area contributed by atoms with Crippen molar-refractivity contribution in [2.75, 3.05) is 6.54 Å². The van der Waals surface area contributed by atoms with Gasteiger partial charge in [0.15, 0.2) is 0 Å². The molecule has 0 fully saturated rings. The number of rotatable bonds is 8. The van der Waals surface area contributed by atoms with Gasteiger partial charge in [-0.2, -0.15) is 0 Å². The molecule has 158 valence electrons. The fraction of sp³-hybridized carbons (Fsp3) is 0.200. The third-order valence-corrected chi connectivity index (χ3v) is 5.60. The zero-order valence-corrected chi connectivity index (χ0v) is 17.8. The zero-order valence-electron chi connectivity index (χ0n) is 17.0. The number of fused-ring (bicyclic) bond motifs is 1. The largest absolute Gasteiger partial charge is 0.356 e. The van der Waals surface area contributed by atoms with Gasteiger partial charge in [-0.3, -0.25) is 4.79 Å². The Morgan fingerprint density at radius 1 is 0.968 bits per heavy atom. The van der Waals surface area contributed by atoms with Gasteiger partial charge in [0, 0.05) is 23.6 Å². The van der Waals surface area contributed by atoms with E-state index in [0.717, 1.165) is 28.8 Å². The number of hydrogen-bond donors (Lipinski definition) is 1. The van der Waals surface area contributed by atoms with Crippen LogP contribution in [0.1, 0.15) is 23.4 Å². The van der Waals surface area contributed by atoms with E-state index in [1.165, 1.54) is 6.07 Å². The molecule has 1 heterocycles. The van der Waals surface area contributed by atoms with E-state index in [1.54, 1.807) is 18.2 Å². The number of aryl methyl sites for hydroxylation is 1. The van der Waals surface area contributed by atoms with Crippen LogP contribution in [0.5, 0.6) is 0 Å². The Labute approximate surface area is 185 Å². The molecule has 0 atom stereocenters. The van der Waals surface area contributed by atoms with E-state index < -0.39 is 0 Å². The van der Waals surface area contributed by atoms with Crippen molar-refractivity contribution in [1.29, 1.82) is 0 Å². The average molecular weight is 436 g/mol.